The van der Waals surface area contributed by atoms with Gasteiger partial charge < -0.3 is 14.0 Å². The lowest BCUT2D eigenvalue weighted by Gasteiger charge is -2.26. The Bertz CT molecular complexity index is 3930. The van der Waals surface area contributed by atoms with Gasteiger partial charge >= 0.3 is 0 Å². The van der Waals surface area contributed by atoms with Gasteiger partial charge in [0, 0.05) is 61.1 Å². The van der Waals surface area contributed by atoms with E-state index in [9.17, 15) is 0 Å². The van der Waals surface area contributed by atoms with Crippen molar-refractivity contribution in [1.82, 2.24) is 9.13 Å². The van der Waals surface area contributed by atoms with Gasteiger partial charge in [0.05, 0.1) is 22.1 Å². The molecule has 0 bridgehead atoms. The minimum absolute atomic E-state index is 1.08. The van der Waals surface area contributed by atoms with Crippen molar-refractivity contribution >= 4 is 71.4 Å². The average molecular weight is 854 g/mol. The highest BCUT2D eigenvalue weighted by Crippen LogP contribution is 2.52. The van der Waals surface area contributed by atoms with Gasteiger partial charge in [0.2, 0.25) is 0 Å². The maximum atomic E-state index is 2.50. The molecule has 0 unspecified atom stereocenters. The van der Waals surface area contributed by atoms with Crippen LogP contribution in [0.3, 0.4) is 0 Å². The van der Waals surface area contributed by atoms with Gasteiger partial charge in [0.25, 0.3) is 0 Å². The van der Waals surface area contributed by atoms with Gasteiger partial charge in [-0.1, -0.05) is 182 Å². The number of hydrogen-bond acceptors (Lipinski definition) is 1. The number of aromatic nitrogens is 2. The van der Waals surface area contributed by atoms with Crippen molar-refractivity contribution in [2.24, 2.45) is 0 Å². The Morgan fingerprint density at radius 3 is 1.21 bits per heavy atom. The molecule has 3 heteroatoms. The van der Waals surface area contributed by atoms with E-state index in [1.807, 2.05) is 0 Å². The molecule has 2 heterocycles. The minimum Gasteiger partial charge on any atom is -0.311 e. The molecule has 0 spiro atoms. The lowest BCUT2D eigenvalue weighted by Crippen LogP contribution is -2.09. The van der Waals surface area contributed by atoms with Crippen LogP contribution in [0.4, 0.5) is 17.1 Å². The van der Waals surface area contributed by atoms with E-state index in [-0.39, 0.29) is 0 Å². The zero-order valence-electron chi connectivity index (χ0n) is 36.7. The van der Waals surface area contributed by atoms with Crippen LogP contribution in [-0.4, -0.2) is 9.13 Å². The van der Waals surface area contributed by atoms with Crippen LogP contribution in [0.2, 0.25) is 0 Å². The second-order valence-electron chi connectivity index (χ2n) is 17.3. The van der Waals surface area contributed by atoms with Gasteiger partial charge in [-0.2, -0.15) is 0 Å². The van der Waals surface area contributed by atoms with Crippen molar-refractivity contribution in [3.8, 4) is 44.8 Å². The van der Waals surface area contributed by atoms with E-state index in [1.165, 1.54) is 76.7 Å². The Hall–Kier alpha value is -8.92. The van der Waals surface area contributed by atoms with Crippen molar-refractivity contribution < 1.29 is 0 Å². The van der Waals surface area contributed by atoms with Crippen molar-refractivity contribution in [3.63, 3.8) is 0 Å². The second kappa shape index (κ2) is 16.0. The minimum atomic E-state index is 1.08. The fraction of sp³-hybridized carbons (Fsp3) is 0. The summed E-state index contributed by atoms with van der Waals surface area (Å²) >= 11 is 0. The molecule has 0 atom stereocenters. The van der Waals surface area contributed by atoms with Crippen LogP contribution in [0.1, 0.15) is 0 Å². The molecule has 0 aliphatic heterocycles. The maximum absolute atomic E-state index is 2.50. The molecule has 0 aliphatic carbocycles. The van der Waals surface area contributed by atoms with E-state index in [4.69, 9.17) is 0 Å². The van der Waals surface area contributed by atoms with E-state index in [1.54, 1.807) is 0 Å². The quantitative estimate of drug-likeness (QED) is 0.148. The number of rotatable bonds is 8. The second-order valence-corrected chi connectivity index (χ2v) is 17.3. The molecule has 0 saturated heterocycles. The SMILES string of the molecule is c1ccc(-c2ccc(N(c3ccccc3)c3ccc(-c4c(-c5ccc6ccccc6c5)c5c6ccccc6n(-c6ccccc6)c5c5c4c4ccccc4n5-c4ccccc4)cc3)cc2)cc1. The summed E-state index contributed by atoms with van der Waals surface area (Å²) in [6, 6.07) is 95.0. The first kappa shape index (κ1) is 38.5. The number of benzene rings is 11. The van der Waals surface area contributed by atoms with Crippen molar-refractivity contribution in [2.75, 3.05) is 4.90 Å². The Morgan fingerprint density at radius 1 is 0.269 bits per heavy atom. The zero-order valence-corrected chi connectivity index (χ0v) is 36.7. The molecular weight excluding hydrogens is 811 g/mol. The Balaban J connectivity index is 1.15. The van der Waals surface area contributed by atoms with E-state index >= 15 is 0 Å². The molecule has 11 aromatic carbocycles. The Labute approximate surface area is 389 Å². The molecule has 0 amide bonds. The molecule has 0 fully saturated rings. The lowest BCUT2D eigenvalue weighted by molar-refractivity contribution is 1.15. The molecular formula is C64H43N3. The molecule has 13 aromatic rings. The third-order valence-electron chi connectivity index (χ3n) is 13.5. The summed E-state index contributed by atoms with van der Waals surface area (Å²) in [7, 11) is 0. The fourth-order valence-electron chi connectivity index (χ4n) is 10.5. The average Bonchev–Trinajstić information content (AvgIpc) is 3.93. The highest BCUT2D eigenvalue weighted by atomic mass is 15.1. The first-order valence-electron chi connectivity index (χ1n) is 23.0. The highest BCUT2D eigenvalue weighted by molar-refractivity contribution is 6.33. The van der Waals surface area contributed by atoms with Crippen LogP contribution in [0.25, 0.3) is 99.1 Å². The van der Waals surface area contributed by atoms with Crippen LogP contribution in [0.15, 0.2) is 261 Å². The predicted molar refractivity (Wildman–Crippen MR) is 284 cm³/mol. The number of nitrogens with zero attached hydrogens (tertiary/aromatic N) is 3. The monoisotopic (exact) mass is 853 g/mol. The molecule has 3 nitrogen and oxygen atoms in total. The standard InChI is InChI=1S/C64H43N3/c1-5-19-44(20-6-1)46-35-39-53(40-36-46)65(50-23-7-2-8-24-50)54-41-37-47(38-42-54)59-60(49-34-33-45-21-13-14-22-48(45)43-49)62-56-30-16-18-32-58(56)67(52-27-11-4-12-28-52)64(62)63-61(59)55-29-15-17-31-57(55)66(63)51-25-9-3-10-26-51/h1-43H. The van der Waals surface area contributed by atoms with Gasteiger partial charge in [-0.05, 0) is 112 Å². The van der Waals surface area contributed by atoms with Gasteiger partial charge in [-0.15, -0.1) is 0 Å². The van der Waals surface area contributed by atoms with Crippen LogP contribution in [0.5, 0.6) is 0 Å². The first-order chi connectivity index (χ1) is 33.3. The molecule has 0 saturated carbocycles. The third kappa shape index (κ3) is 6.35. The lowest BCUT2D eigenvalue weighted by atomic mass is 9.86. The molecule has 2 aromatic heterocycles. The summed E-state index contributed by atoms with van der Waals surface area (Å²) < 4.78 is 5.01. The smallest absolute Gasteiger partial charge is 0.0795 e. The normalized spacial score (nSPS) is 11.6. The van der Waals surface area contributed by atoms with Gasteiger partial charge in [0.15, 0.2) is 0 Å². The molecule has 67 heavy (non-hydrogen) atoms. The summed E-state index contributed by atoms with van der Waals surface area (Å²) in [6.45, 7) is 0. The van der Waals surface area contributed by atoms with E-state index in [2.05, 4.69) is 275 Å². The first-order valence-corrected chi connectivity index (χ1v) is 23.0. The van der Waals surface area contributed by atoms with Gasteiger partial charge in [-0.3, -0.25) is 0 Å². The summed E-state index contributed by atoms with van der Waals surface area (Å²) in [6.07, 6.45) is 0. The third-order valence-corrected chi connectivity index (χ3v) is 13.5. The van der Waals surface area contributed by atoms with Gasteiger partial charge in [0.1, 0.15) is 0 Å². The van der Waals surface area contributed by atoms with Crippen LogP contribution >= 0.6 is 0 Å². The van der Waals surface area contributed by atoms with E-state index in [0.717, 1.165) is 39.5 Å². The highest BCUT2D eigenvalue weighted by Gasteiger charge is 2.29. The Morgan fingerprint density at radius 2 is 0.657 bits per heavy atom. The number of fused-ring (bicyclic) bond motifs is 8. The summed E-state index contributed by atoms with van der Waals surface area (Å²) in [5.41, 5.74) is 17.4. The van der Waals surface area contributed by atoms with Crippen molar-refractivity contribution in [1.29, 1.82) is 0 Å². The molecule has 0 radical (unpaired) electrons. The summed E-state index contributed by atoms with van der Waals surface area (Å²) in [5, 5.41) is 7.30. The van der Waals surface area contributed by atoms with E-state index < -0.39 is 0 Å². The number of anilines is 3. The van der Waals surface area contributed by atoms with Crippen LogP contribution in [0, 0.1) is 0 Å². The molecule has 0 N–H and O–H groups in total. The maximum Gasteiger partial charge on any atom is 0.0795 e. The van der Waals surface area contributed by atoms with E-state index in [0.29, 0.717) is 0 Å². The topological polar surface area (TPSA) is 13.1 Å². The predicted octanol–water partition coefficient (Wildman–Crippen LogP) is 17.5. The molecule has 0 aliphatic rings. The Kier molecular flexibility index (Phi) is 9.17. The largest absolute Gasteiger partial charge is 0.311 e. The summed E-state index contributed by atoms with van der Waals surface area (Å²) in [5.74, 6) is 0. The van der Waals surface area contributed by atoms with Gasteiger partial charge in [-0.25, -0.2) is 0 Å². The van der Waals surface area contributed by atoms with Crippen LogP contribution < -0.4 is 4.90 Å². The fourth-order valence-corrected chi connectivity index (χ4v) is 10.5. The number of hydrogen-bond donors (Lipinski definition) is 0. The molecule has 13 rings (SSSR count). The van der Waals surface area contributed by atoms with Crippen LogP contribution in [-0.2, 0) is 0 Å². The molecule has 314 valence electrons. The zero-order chi connectivity index (χ0) is 44.3. The van der Waals surface area contributed by atoms with Crippen molar-refractivity contribution in [2.45, 2.75) is 0 Å². The number of para-hydroxylation sites is 5. The van der Waals surface area contributed by atoms with Crippen molar-refractivity contribution in [3.05, 3.63) is 261 Å². The summed E-state index contributed by atoms with van der Waals surface area (Å²) in [4.78, 5) is 2.36.